The quantitative estimate of drug-likeness (QED) is 0.435. The Morgan fingerprint density at radius 2 is 1.75 bits per heavy atom. The first-order valence-electron chi connectivity index (χ1n) is 3.37. The van der Waals surface area contributed by atoms with Gasteiger partial charge in [-0.15, -0.1) is 0 Å². The summed E-state index contributed by atoms with van der Waals surface area (Å²) in [5.41, 5.74) is 0.609. The van der Waals surface area contributed by atoms with E-state index >= 15 is 0 Å². The van der Waals surface area contributed by atoms with E-state index in [1.807, 2.05) is 0 Å². The third kappa shape index (κ3) is 0.334. The van der Waals surface area contributed by atoms with Gasteiger partial charge in [0.05, 0.1) is 11.2 Å². The third-order valence-electron chi connectivity index (χ3n) is 2.67. The molecule has 8 heavy (non-hydrogen) atoms. The molecule has 0 aromatic heterocycles. The summed E-state index contributed by atoms with van der Waals surface area (Å²) in [6, 6.07) is 0. The zero-order valence-corrected chi connectivity index (χ0v) is 5.53. The average Bonchev–Trinajstić information content (AvgIpc) is 2.05. The molecular formula is C7H12O. The Kier molecular flexibility index (Phi) is 0.583. The summed E-state index contributed by atoms with van der Waals surface area (Å²) in [7, 11) is 0. The highest BCUT2D eigenvalue weighted by Gasteiger charge is 2.66. The summed E-state index contributed by atoms with van der Waals surface area (Å²) >= 11 is 0. The fourth-order valence-corrected chi connectivity index (χ4v) is 1.66. The van der Waals surface area contributed by atoms with Gasteiger partial charge in [0, 0.05) is 0 Å². The second-order valence-electron chi connectivity index (χ2n) is 3.46. The topological polar surface area (TPSA) is 12.5 Å². The summed E-state index contributed by atoms with van der Waals surface area (Å²) in [4.78, 5) is 0. The zero-order valence-electron chi connectivity index (χ0n) is 5.53. The Bertz CT molecular complexity index is 122. The molecule has 1 saturated carbocycles. The standard InChI is InChI=1S/C7H12O/c1-6(2)7(8-6)4-3-5-7/h3-5H2,1-2H3. The van der Waals surface area contributed by atoms with Crippen LogP contribution in [0.25, 0.3) is 0 Å². The van der Waals surface area contributed by atoms with Gasteiger partial charge in [-0.1, -0.05) is 0 Å². The van der Waals surface area contributed by atoms with E-state index in [1.54, 1.807) is 0 Å². The van der Waals surface area contributed by atoms with Gasteiger partial charge in [-0.05, 0) is 33.1 Å². The van der Waals surface area contributed by atoms with Crippen LogP contribution in [-0.2, 0) is 4.74 Å². The molecule has 0 N–H and O–H groups in total. The minimum atomic E-state index is 0.241. The Hall–Kier alpha value is -0.0400. The summed E-state index contributed by atoms with van der Waals surface area (Å²) < 4.78 is 5.53. The van der Waals surface area contributed by atoms with Gasteiger partial charge in [-0.2, -0.15) is 0 Å². The molecule has 2 aliphatic rings. The molecule has 0 bridgehead atoms. The van der Waals surface area contributed by atoms with Crippen LogP contribution in [0.5, 0.6) is 0 Å². The third-order valence-corrected chi connectivity index (χ3v) is 2.67. The van der Waals surface area contributed by atoms with Crippen LogP contribution in [0.15, 0.2) is 0 Å². The van der Waals surface area contributed by atoms with Crippen molar-refractivity contribution < 1.29 is 4.74 Å². The predicted molar refractivity (Wildman–Crippen MR) is 31.7 cm³/mol. The fourth-order valence-electron chi connectivity index (χ4n) is 1.66. The lowest BCUT2D eigenvalue weighted by Gasteiger charge is -2.23. The van der Waals surface area contributed by atoms with Gasteiger partial charge in [0.1, 0.15) is 0 Å². The number of rotatable bonds is 0. The molecule has 0 aromatic rings. The van der Waals surface area contributed by atoms with Crippen LogP contribution < -0.4 is 0 Å². The molecule has 1 spiro atoms. The van der Waals surface area contributed by atoms with E-state index in [-0.39, 0.29) is 5.60 Å². The number of epoxide rings is 1. The Balaban J connectivity index is 2.12. The lowest BCUT2D eigenvalue weighted by Crippen LogP contribution is -2.28. The summed E-state index contributed by atoms with van der Waals surface area (Å²) in [6.45, 7) is 4.37. The van der Waals surface area contributed by atoms with E-state index in [0.29, 0.717) is 5.60 Å². The van der Waals surface area contributed by atoms with E-state index in [9.17, 15) is 0 Å². The van der Waals surface area contributed by atoms with Crippen molar-refractivity contribution in [1.82, 2.24) is 0 Å². The largest absolute Gasteiger partial charge is 0.363 e. The normalized spacial score (nSPS) is 36.8. The molecule has 1 heterocycles. The lowest BCUT2D eigenvalue weighted by atomic mass is 9.77. The van der Waals surface area contributed by atoms with Crippen molar-refractivity contribution in [2.75, 3.05) is 0 Å². The summed E-state index contributed by atoms with van der Waals surface area (Å²) in [5.74, 6) is 0. The molecule has 46 valence electrons. The molecule has 0 unspecified atom stereocenters. The van der Waals surface area contributed by atoms with Crippen molar-refractivity contribution in [3.8, 4) is 0 Å². The number of ether oxygens (including phenoxy) is 1. The van der Waals surface area contributed by atoms with Crippen LogP contribution in [0, 0.1) is 0 Å². The molecule has 1 aliphatic heterocycles. The summed E-state index contributed by atoms with van der Waals surface area (Å²) in [5, 5.41) is 0. The Morgan fingerprint density at radius 1 is 1.25 bits per heavy atom. The van der Waals surface area contributed by atoms with Crippen LogP contribution in [0.1, 0.15) is 33.1 Å². The molecule has 0 amide bonds. The minimum Gasteiger partial charge on any atom is -0.363 e. The smallest absolute Gasteiger partial charge is 0.0974 e. The Morgan fingerprint density at radius 3 is 1.75 bits per heavy atom. The number of hydrogen-bond donors (Lipinski definition) is 0. The lowest BCUT2D eigenvalue weighted by molar-refractivity contribution is 0.195. The number of hydrogen-bond acceptors (Lipinski definition) is 1. The van der Waals surface area contributed by atoms with Crippen molar-refractivity contribution in [2.45, 2.75) is 44.3 Å². The molecule has 0 radical (unpaired) electrons. The van der Waals surface area contributed by atoms with Crippen molar-refractivity contribution in [2.24, 2.45) is 0 Å². The van der Waals surface area contributed by atoms with Gasteiger partial charge < -0.3 is 4.74 Å². The first kappa shape index (κ1) is 4.80. The van der Waals surface area contributed by atoms with Crippen molar-refractivity contribution in [1.29, 1.82) is 0 Å². The molecular weight excluding hydrogens is 100 g/mol. The highest BCUT2D eigenvalue weighted by molar-refractivity contribution is 5.15. The Labute approximate surface area is 50.0 Å². The molecule has 1 aliphatic carbocycles. The highest BCUT2D eigenvalue weighted by Crippen LogP contribution is 2.59. The molecule has 0 aromatic carbocycles. The van der Waals surface area contributed by atoms with E-state index in [4.69, 9.17) is 4.74 Å². The van der Waals surface area contributed by atoms with Crippen LogP contribution in [0.2, 0.25) is 0 Å². The molecule has 2 rings (SSSR count). The fraction of sp³-hybridized carbons (Fsp3) is 1.00. The van der Waals surface area contributed by atoms with E-state index in [0.717, 1.165) is 0 Å². The van der Waals surface area contributed by atoms with Crippen LogP contribution >= 0.6 is 0 Å². The minimum absolute atomic E-state index is 0.241. The van der Waals surface area contributed by atoms with Gasteiger partial charge in [0.25, 0.3) is 0 Å². The molecule has 1 heteroatoms. The van der Waals surface area contributed by atoms with Gasteiger partial charge in [-0.3, -0.25) is 0 Å². The van der Waals surface area contributed by atoms with Crippen LogP contribution in [0.3, 0.4) is 0 Å². The monoisotopic (exact) mass is 112 g/mol. The maximum absolute atomic E-state index is 5.53. The van der Waals surface area contributed by atoms with Crippen molar-refractivity contribution in [3.05, 3.63) is 0 Å². The van der Waals surface area contributed by atoms with E-state index < -0.39 is 0 Å². The maximum Gasteiger partial charge on any atom is 0.0974 e. The molecule has 1 saturated heterocycles. The van der Waals surface area contributed by atoms with E-state index in [1.165, 1.54) is 19.3 Å². The van der Waals surface area contributed by atoms with E-state index in [2.05, 4.69) is 13.8 Å². The maximum atomic E-state index is 5.53. The second-order valence-corrected chi connectivity index (χ2v) is 3.46. The van der Waals surface area contributed by atoms with Gasteiger partial charge in [-0.25, -0.2) is 0 Å². The van der Waals surface area contributed by atoms with Gasteiger partial charge in [0.15, 0.2) is 0 Å². The van der Waals surface area contributed by atoms with Crippen molar-refractivity contribution >= 4 is 0 Å². The second kappa shape index (κ2) is 0.971. The highest BCUT2D eigenvalue weighted by atomic mass is 16.6. The average molecular weight is 112 g/mol. The molecule has 2 fully saturated rings. The first-order chi connectivity index (χ1) is 3.66. The predicted octanol–water partition coefficient (Wildman–Crippen LogP) is 1.72. The molecule has 0 atom stereocenters. The first-order valence-corrected chi connectivity index (χ1v) is 3.37. The van der Waals surface area contributed by atoms with Gasteiger partial charge in [0.2, 0.25) is 0 Å². The SMILES string of the molecule is CC1(C)OC12CCC2. The zero-order chi connectivity index (χ0) is 5.83. The van der Waals surface area contributed by atoms with Crippen LogP contribution in [-0.4, -0.2) is 11.2 Å². The van der Waals surface area contributed by atoms with Crippen LogP contribution in [0.4, 0.5) is 0 Å². The van der Waals surface area contributed by atoms with Gasteiger partial charge >= 0.3 is 0 Å². The molecule has 1 nitrogen and oxygen atoms in total. The van der Waals surface area contributed by atoms with Crippen molar-refractivity contribution in [3.63, 3.8) is 0 Å². The summed E-state index contributed by atoms with van der Waals surface area (Å²) in [6.07, 6.45) is 3.99.